The number of benzene rings is 1. The third kappa shape index (κ3) is 2.53. The van der Waals surface area contributed by atoms with Crippen LogP contribution in [-0.2, 0) is 5.41 Å². The Bertz CT molecular complexity index is 347. The van der Waals surface area contributed by atoms with Crippen molar-refractivity contribution in [1.29, 1.82) is 0 Å². The van der Waals surface area contributed by atoms with E-state index in [1.807, 2.05) is 0 Å². The maximum absolute atomic E-state index is 13.9. The summed E-state index contributed by atoms with van der Waals surface area (Å²) < 4.78 is 27.8. The smallest absolute Gasteiger partial charge is 0.258 e. The summed E-state index contributed by atoms with van der Waals surface area (Å²) in [6.45, 7) is 3.02. The molecule has 0 aromatic heterocycles. The minimum absolute atomic E-state index is 0.0238. The third-order valence-corrected chi connectivity index (χ3v) is 3.19. The average molecular weight is 248 g/mol. The van der Waals surface area contributed by atoms with E-state index < -0.39 is 11.3 Å². The van der Waals surface area contributed by atoms with Crippen LogP contribution in [0.15, 0.2) is 24.3 Å². The summed E-state index contributed by atoms with van der Waals surface area (Å²) in [6.07, 6.45) is -0.317. The number of alkyl halides is 2. The lowest BCUT2D eigenvalue weighted by Crippen LogP contribution is -2.41. The summed E-state index contributed by atoms with van der Waals surface area (Å²) in [4.78, 5) is 0. The predicted molar refractivity (Wildman–Crippen MR) is 63.1 cm³/mol. The molecule has 0 bridgehead atoms. The van der Waals surface area contributed by atoms with Gasteiger partial charge in [-0.15, -0.1) is 0 Å². The Labute approximate surface area is 99.6 Å². The zero-order chi connectivity index (χ0) is 12.4. The Morgan fingerprint density at radius 1 is 1.19 bits per heavy atom. The summed E-state index contributed by atoms with van der Waals surface area (Å²) in [5.74, 6) is -2.82. The molecule has 0 aliphatic rings. The Kier molecular flexibility index (Phi) is 3.92. The van der Waals surface area contributed by atoms with Crippen LogP contribution >= 0.6 is 11.6 Å². The van der Waals surface area contributed by atoms with Crippen LogP contribution in [0.4, 0.5) is 8.78 Å². The number of rotatable bonds is 4. The molecule has 0 saturated carbocycles. The van der Waals surface area contributed by atoms with Crippen LogP contribution in [0.25, 0.3) is 0 Å². The van der Waals surface area contributed by atoms with Crippen LogP contribution in [0.1, 0.15) is 25.8 Å². The molecule has 4 heteroatoms. The molecular weight excluding hydrogens is 232 g/mol. The molecule has 0 fully saturated rings. The molecule has 1 nitrogen and oxygen atoms in total. The minimum atomic E-state index is -2.82. The Morgan fingerprint density at radius 3 is 2.12 bits per heavy atom. The maximum atomic E-state index is 13.9. The van der Waals surface area contributed by atoms with Crippen molar-refractivity contribution in [2.45, 2.75) is 31.6 Å². The molecule has 0 unspecified atom stereocenters. The van der Waals surface area contributed by atoms with Gasteiger partial charge in [0.05, 0.1) is 5.41 Å². The summed E-state index contributed by atoms with van der Waals surface area (Å²) in [7, 11) is 0. The van der Waals surface area contributed by atoms with Gasteiger partial charge in [-0.25, -0.2) is 8.78 Å². The van der Waals surface area contributed by atoms with Crippen molar-refractivity contribution in [1.82, 2.24) is 0 Å². The van der Waals surface area contributed by atoms with Crippen molar-refractivity contribution >= 4 is 11.6 Å². The third-order valence-electron chi connectivity index (χ3n) is 2.94. The fourth-order valence-electron chi connectivity index (χ4n) is 1.57. The monoisotopic (exact) mass is 247 g/mol. The lowest BCUT2D eigenvalue weighted by molar-refractivity contribution is -0.0701. The van der Waals surface area contributed by atoms with Crippen LogP contribution in [0, 0.1) is 0 Å². The van der Waals surface area contributed by atoms with Gasteiger partial charge in [-0.05, 0) is 24.2 Å². The molecule has 1 aromatic carbocycles. The first-order valence-electron chi connectivity index (χ1n) is 5.15. The van der Waals surface area contributed by atoms with Gasteiger partial charge in [0, 0.05) is 11.4 Å². The number of hydrogen-bond donors (Lipinski definition) is 1. The Morgan fingerprint density at radius 2 is 1.69 bits per heavy atom. The molecule has 0 atom stereocenters. The lowest BCUT2D eigenvalue weighted by Gasteiger charge is -2.34. The molecular formula is C12H16ClF2N. The van der Waals surface area contributed by atoms with Crippen molar-refractivity contribution in [2.75, 3.05) is 6.54 Å². The Balaban J connectivity index is 3.05. The molecule has 0 saturated heterocycles. The molecule has 0 heterocycles. The van der Waals surface area contributed by atoms with E-state index in [-0.39, 0.29) is 13.0 Å². The van der Waals surface area contributed by atoms with Crippen molar-refractivity contribution < 1.29 is 8.78 Å². The molecule has 0 spiro atoms. The SMILES string of the molecule is CC(C)(c1ccc(Cl)cc1)C(F)(F)CCN. The molecule has 0 amide bonds. The van der Waals surface area contributed by atoms with Crippen LogP contribution in [0.2, 0.25) is 5.02 Å². The van der Waals surface area contributed by atoms with E-state index >= 15 is 0 Å². The van der Waals surface area contributed by atoms with Crippen molar-refractivity contribution in [3.63, 3.8) is 0 Å². The van der Waals surface area contributed by atoms with Gasteiger partial charge in [0.25, 0.3) is 5.92 Å². The summed E-state index contributed by atoms with van der Waals surface area (Å²) in [6, 6.07) is 6.51. The van der Waals surface area contributed by atoms with E-state index in [0.29, 0.717) is 10.6 Å². The van der Waals surface area contributed by atoms with E-state index in [4.69, 9.17) is 17.3 Å². The van der Waals surface area contributed by atoms with Crippen molar-refractivity contribution in [2.24, 2.45) is 5.73 Å². The predicted octanol–water partition coefficient (Wildman–Crippen LogP) is 3.60. The maximum Gasteiger partial charge on any atom is 0.258 e. The van der Waals surface area contributed by atoms with Gasteiger partial charge in [0.15, 0.2) is 0 Å². The van der Waals surface area contributed by atoms with Crippen LogP contribution < -0.4 is 5.73 Å². The van der Waals surface area contributed by atoms with Gasteiger partial charge in [0.2, 0.25) is 0 Å². The second-order valence-electron chi connectivity index (χ2n) is 4.38. The van der Waals surface area contributed by atoms with Gasteiger partial charge in [-0.3, -0.25) is 0 Å². The number of nitrogens with two attached hydrogens (primary N) is 1. The highest BCUT2D eigenvalue weighted by atomic mass is 35.5. The quantitative estimate of drug-likeness (QED) is 0.864. The zero-order valence-corrected chi connectivity index (χ0v) is 10.2. The average Bonchev–Trinajstić information content (AvgIpc) is 2.18. The normalized spacial score (nSPS) is 12.9. The highest BCUT2D eigenvalue weighted by molar-refractivity contribution is 6.30. The van der Waals surface area contributed by atoms with Crippen molar-refractivity contribution in [3.8, 4) is 0 Å². The second kappa shape index (κ2) is 4.68. The van der Waals surface area contributed by atoms with E-state index in [9.17, 15) is 8.78 Å². The molecule has 1 rings (SSSR count). The number of hydrogen-bond acceptors (Lipinski definition) is 1. The zero-order valence-electron chi connectivity index (χ0n) is 9.43. The van der Waals surface area contributed by atoms with Gasteiger partial charge in [0.1, 0.15) is 0 Å². The van der Waals surface area contributed by atoms with E-state index in [1.54, 1.807) is 24.3 Å². The van der Waals surface area contributed by atoms with Crippen molar-refractivity contribution in [3.05, 3.63) is 34.9 Å². The molecule has 0 aliphatic carbocycles. The van der Waals surface area contributed by atoms with Crippen LogP contribution in [-0.4, -0.2) is 12.5 Å². The first-order valence-corrected chi connectivity index (χ1v) is 5.53. The van der Waals surface area contributed by atoms with E-state index in [1.165, 1.54) is 13.8 Å². The Hall–Kier alpha value is -0.670. The van der Waals surface area contributed by atoms with Gasteiger partial charge >= 0.3 is 0 Å². The van der Waals surface area contributed by atoms with Gasteiger partial charge < -0.3 is 5.73 Å². The fourth-order valence-corrected chi connectivity index (χ4v) is 1.70. The van der Waals surface area contributed by atoms with Crippen LogP contribution in [0.3, 0.4) is 0 Å². The highest BCUT2D eigenvalue weighted by Crippen LogP contribution is 2.41. The summed E-state index contributed by atoms with van der Waals surface area (Å²) in [5, 5.41) is 0.543. The van der Waals surface area contributed by atoms with E-state index in [2.05, 4.69) is 0 Å². The van der Waals surface area contributed by atoms with Gasteiger partial charge in [-0.2, -0.15) is 0 Å². The molecule has 2 N–H and O–H groups in total. The molecule has 90 valence electrons. The van der Waals surface area contributed by atoms with Gasteiger partial charge in [-0.1, -0.05) is 37.6 Å². The number of halogens is 3. The van der Waals surface area contributed by atoms with E-state index in [0.717, 1.165) is 0 Å². The molecule has 0 aliphatic heterocycles. The molecule has 1 aromatic rings. The highest BCUT2D eigenvalue weighted by Gasteiger charge is 2.46. The summed E-state index contributed by atoms with van der Waals surface area (Å²) in [5.41, 5.74) is 4.54. The standard InChI is InChI=1S/C12H16ClF2N/c1-11(2,12(14,15)7-8-16)9-3-5-10(13)6-4-9/h3-6H,7-8,16H2,1-2H3. The lowest BCUT2D eigenvalue weighted by atomic mass is 9.77. The molecule has 0 radical (unpaired) electrons. The largest absolute Gasteiger partial charge is 0.330 e. The summed E-state index contributed by atoms with van der Waals surface area (Å²) >= 11 is 5.73. The first kappa shape index (κ1) is 13.4. The van der Waals surface area contributed by atoms with Crippen LogP contribution in [0.5, 0.6) is 0 Å². The minimum Gasteiger partial charge on any atom is -0.330 e. The fraction of sp³-hybridized carbons (Fsp3) is 0.500. The first-order chi connectivity index (χ1) is 7.31. The topological polar surface area (TPSA) is 26.0 Å². The second-order valence-corrected chi connectivity index (χ2v) is 4.81. The molecule has 16 heavy (non-hydrogen) atoms.